The minimum Gasteiger partial charge on any atom is -0.512 e. The summed E-state index contributed by atoms with van der Waals surface area (Å²) in [7, 11) is -1.50. The molecule has 0 aliphatic rings. The Morgan fingerprint density at radius 1 is 0.951 bits per heavy atom. The van der Waals surface area contributed by atoms with E-state index >= 15 is 0 Å². The number of aromatic nitrogens is 1. The van der Waals surface area contributed by atoms with Crippen molar-refractivity contribution in [2.45, 2.75) is 68.1 Å². The van der Waals surface area contributed by atoms with Gasteiger partial charge in [0.1, 0.15) is 0 Å². The molecule has 0 saturated carbocycles. The summed E-state index contributed by atoms with van der Waals surface area (Å²) >= 11 is 0. The molecule has 0 bridgehead atoms. The first-order valence-corrected chi connectivity index (χ1v) is 17.5. The van der Waals surface area contributed by atoms with E-state index in [1.165, 1.54) is 33.3 Å². The third-order valence-corrected chi connectivity index (χ3v) is 8.78. The first-order valence-electron chi connectivity index (χ1n) is 14.0. The van der Waals surface area contributed by atoms with Gasteiger partial charge in [-0.15, -0.1) is 34.9 Å². The number of fused-ring (bicyclic) bond motifs is 1. The fourth-order valence-electron chi connectivity index (χ4n) is 4.35. The molecule has 1 radical (unpaired) electrons. The second-order valence-electron chi connectivity index (χ2n) is 13.0. The monoisotopic (exact) mass is 743 g/mol. The zero-order valence-corrected chi connectivity index (χ0v) is 29.5. The number of benzene rings is 3. The summed E-state index contributed by atoms with van der Waals surface area (Å²) < 4.78 is 0. The minimum absolute atomic E-state index is 0. The van der Waals surface area contributed by atoms with Crippen molar-refractivity contribution in [3.05, 3.63) is 95.8 Å². The third-order valence-electron chi connectivity index (χ3n) is 6.75. The number of hydrogen-bond acceptors (Lipinski definition) is 3. The largest absolute Gasteiger partial charge is 0.512 e. The maximum atomic E-state index is 11.3. The van der Waals surface area contributed by atoms with E-state index in [1.54, 1.807) is 0 Å². The van der Waals surface area contributed by atoms with Gasteiger partial charge in [-0.3, -0.25) is 9.78 Å². The molecular weight excluding hydrogens is 699 g/mol. The Balaban J connectivity index is 0.000000387. The molecule has 4 rings (SSSR count). The van der Waals surface area contributed by atoms with Crippen LogP contribution < -0.4 is 5.19 Å². The van der Waals surface area contributed by atoms with Gasteiger partial charge in [0.05, 0.1) is 19.3 Å². The van der Waals surface area contributed by atoms with E-state index < -0.39 is 13.5 Å². The van der Waals surface area contributed by atoms with Crippen LogP contribution in [0.2, 0.25) is 19.6 Å². The molecule has 0 saturated heterocycles. The number of ketones is 1. The average Bonchev–Trinajstić information content (AvgIpc) is 2.86. The van der Waals surface area contributed by atoms with Crippen molar-refractivity contribution in [3.8, 4) is 22.4 Å². The standard InChI is InChI=1S/C26H26NSi.C10H18O2.Ir/c1-18-13-19(2)15-22(14-18)24-12-11-21-16-26(28(3,4)5)23(17-25(21)27-24)20-9-7-6-8-10-20;1-7(2)8(11)6-9(12)10(3,4)5;/h6-14,16-17H,1-5H3;6-7,11H,1-5H3;/q-1;;/b;8-6-;. The van der Waals surface area contributed by atoms with E-state index in [0.717, 1.165) is 22.3 Å². The fourth-order valence-corrected chi connectivity index (χ4v) is 5.96. The number of carbonyl (C=O) groups excluding carboxylic acids is 1. The molecule has 0 spiro atoms. The maximum absolute atomic E-state index is 11.3. The van der Waals surface area contributed by atoms with E-state index in [9.17, 15) is 9.90 Å². The molecule has 0 aliphatic carbocycles. The van der Waals surface area contributed by atoms with Crippen LogP contribution in [-0.4, -0.2) is 23.9 Å². The molecule has 41 heavy (non-hydrogen) atoms. The number of carbonyl (C=O) groups is 1. The van der Waals surface area contributed by atoms with Crippen LogP contribution in [0.5, 0.6) is 0 Å². The Bertz CT molecular complexity index is 1510. The molecule has 0 aliphatic heterocycles. The third kappa shape index (κ3) is 9.33. The number of aryl methyl sites for hydroxylation is 2. The number of aliphatic hydroxyl groups excluding tert-OH is 1. The first kappa shape index (κ1) is 34.3. The second kappa shape index (κ2) is 13.9. The molecule has 0 atom stereocenters. The summed E-state index contributed by atoms with van der Waals surface area (Å²) in [4.78, 5) is 16.4. The Morgan fingerprint density at radius 3 is 2.12 bits per heavy atom. The maximum Gasteiger partial charge on any atom is 0.164 e. The van der Waals surface area contributed by atoms with Crippen molar-refractivity contribution < 1.29 is 30.0 Å². The van der Waals surface area contributed by atoms with Gasteiger partial charge in [-0.2, -0.15) is 0 Å². The molecule has 3 nitrogen and oxygen atoms in total. The fraction of sp³-hybridized carbons (Fsp3) is 0.333. The van der Waals surface area contributed by atoms with Crippen LogP contribution in [0.3, 0.4) is 0 Å². The topological polar surface area (TPSA) is 50.2 Å². The number of rotatable bonds is 5. The molecule has 0 fully saturated rings. The van der Waals surface area contributed by atoms with Gasteiger partial charge < -0.3 is 5.11 Å². The van der Waals surface area contributed by atoms with Crippen LogP contribution in [0.1, 0.15) is 45.7 Å². The molecule has 1 heterocycles. The van der Waals surface area contributed by atoms with Crippen LogP contribution in [0.25, 0.3) is 33.3 Å². The molecule has 1 N–H and O–H groups in total. The zero-order chi connectivity index (χ0) is 29.8. The Hall–Kier alpha value is -2.85. The Kier molecular flexibility index (Phi) is 11.6. The summed E-state index contributed by atoms with van der Waals surface area (Å²) in [5.41, 5.74) is 7.68. The number of aliphatic hydroxyl groups is 1. The summed E-state index contributed by atoms with van der Waals surface area (Å²) in [6, 6.07) is 27.5. The quantitative estimate of drug-likeness (QED) is 0.0961. The molecule has 1 aromatic heterocycles. The van der Waals surface area contributed by atoms with Gasteiger partial charge in [0, 0.05) is 37.5 Å². The second-order valence-corrected chi connectivity index (χ2v) is 18.0. The van der Waals surface area contributed by atoms with Gasteiger partial charge >= 0.3 is 0 Å². The van der Waals surface area contributed by atoms with E-state index in [4.69, 9.17) is 4.98 Å². The van der Waals surface area contributed by atoms with Gasteiger partial charge in [-0.1, -0.05) is 122 Å². The van der Waals surface area contributed by atoms with Crippen molar-refractivity contribution in [3.63, 3.8) is 0 Å². The zero-order valence-electron chi connectivity index (χ0n) is 26.1. The average molecular weight is 743 g/mol. The Labute approximate surface area is 261 Å². The van der Waals surface area contributed by atoms with Crippen molar-refractivity contribution in [1.82, 2.24) is 4.98 Å². The van der Waals surface area contributed by atoms with Gasteiger partial charge in [-0.05, 0) is 28.3 Å². The molecule has 5 heteroatoms. The Morgan fingerprint density at radius 2 is 1.59 bits per heavy atom. The van der Waals surface area contributed by atoms with Crippen LogP contribution in [-0.2, 0) is 24.9 Å². The van der Waals surface area contributed by atoms with Crippen LogP contribution >= 0.6 is 0 Å². The summed E-state index contributed by atoms with van der Waals surface area (Å²) in [5.74, 6) is 0.153. The molecule has 0 amide bonds. The predicted molar refractivity (Wildman–Crippen MR) is 174 cm³/mol. The predicted octanol–water partition coefficient (Wildman–Crippen LogP) is 9.23. The SMILES string of the molecule is CC(C)/C(O)=C/C(=O)C(C)(C)C.Cc1[c-]c(-c2ccc3cc([Si](C)(C)C)c(-c4ccccc4)cc3n2)cc(C)c1.[Ir]. The summed E-state index contributed by atoms with van der Waals surface area (Å²) in [6.45, 7) is 20.6. The molecule has 3 aromatic carbocycles. The normalized spacial score (nSPS) is 12.0. The molecule has 219 valence electrons. The van der Waals surface area contributed by atoms with E-state index in [-0.39, 0.29) is 37.6 Å². The summed E-state index contributed by atoms with van der Waals surface area (Å²) in [5, 5.41) is 12.0. The van der Waals surface area contributed by atoms with Crippen LogP contribution in [0, 0.1) is 31.2 Å². The van der Waals surface area contributed by atoms with Gasteiger partial charge in [-0.25, -0.2) is 0 Å². The molecular formula is C36H44IrNO2Si-. The first-order chi connectivity index (χ1) is 18.6. The summed E-state index contributed by atoms with van der Waals surface area (Å²) in [6.07, 6.45) is 1.32. The number of pyridine rings is 1. The number of allylic oxidation sites excluding steroid dienone is 2. The minimum atomic E-state index is -1.50. The molecule has 4 aromatic rings. The molecule has 0 unspecified atom stereocenters. The van der Waals surface area contributed by atoms with Crippen LogP contribution in [0.15, 0.2) is 78.6 Å². The van der Waals surface area contributed by atoms with E-state index in [2.05, 4.69) is 106 Å². The van der Waals surface area contributed by atoms with Crippen molar-refractivity contribution >= 4 is 29.9 Å². The van der Waals surface area contributed by atoms with Crippen LogP contribution in [0.4, 0.5) is 0 Å². The van der Waals surface area contributed by atoms with Gasteiger partial charge in [0.15, 0.2) is 5.78 Å². The number of nitrogens with zero attached hydrogens (tertiary/aromatic N) is 1. The van der Waals surface area contributed by atoms with Crippen molar-refractivity contribution in [2.75, 3.05) is 0 Å². The van der Waals surface area contributed by atoms with E-state index in [0.29, 0.717) is 0 Å². The van der Waals surface area contributed by atoms with Gasteiger partial charge in [0.25, 0.3) is 0 Å². The van der Waals surface area contributed by atoms with E-state index in [1.807, 2.05) is 34.6 Å². The van der Waals surface area contributed by atoms with Crippen molar-refractivity contribution in [2.24, 2.45) is 11.3 Å². The van der Waals surface area contributed by atoms with Gasteiger partial charge in [0.2, 0.25) is 0 Å². The number of hydrogen-bond donors (Lipinski definition) is 1. The smallest absolute Gasteiger partial charge is 0.164 e. The van der Waals surface area contributed by atoms with Crippen molar-refractivity contribution in [1.29, 1.82) is 0 Å².